The Kier molecular flexibility index (Phi) is 2.95. The van der Waals surface area contributed by atoms with Gasteiger partial charge in [0, 0.05) is 38.2 Å². The van der Waals surface area contributed by atoms with E-state index in [1.54, 1.807) is 12.4 Å². The molecule has 0 saturated heterocycles. The molecule has 3 heterocycles. The van der Waals surface area contributed by atoms with Gasteiger partial charge in [0.1, 0.15) is 11.5 Å². The van der Waals surface area contributed by atoms with Crippen molar-refractivity contribution in [2.24, 2.45) is 0 Å². The first-order valence-corrected chi connectivity index (χ1v) is 6.26. The third-order valence-electron chi connectivity index (χ3n) is 3.20. The van der Waals surface area contributed by atoms with Gasteiger partial charge in [0.25, 0.3) is 0 Å². The second kappa shape index (κ2) is 4.77. The SMILES string of the molecule is CN(C)c1cccn2c(-c3ccncc3)nc(C=O)c12. The second-order valence-electron chi connectivity index (χ2n) is 4.68. The Labute approximate surface area is 116 Å². The van der Waals surface area contributed by atoms with Gasteiger partial charge in [0.15, 0.2) is 6.29 Å². The smallest absolute Gasteiger partial charge is 0.170 e. The number of nitrogens with zero attached hydrogens (tertiary/aromatic N) is 4. The van der Waals surface area contributed by atoms with Crippen LogP contribution >= 0.6 is 0 Å². The summed E-state index contributed by atoms with van der Waals surface area (Å²) in [6.45, 7) is 0. The van der Waals surface area contributed by atoms with Crippen LogP contribution in [-0.2, 0) is 0 Å². The topological polar surface area (TPSA) is 50.5 Å². The summed E-state index contributed by atoms with van der Waals surface area (Å²) in [6.07, 6.45) is 6.14. The van der Waals surface area contributed by atoms with Crippen LogP contribution in [0.5, 0.6) is 0 Å². The van der Waals surface area contributed by atoms with E-state index in [0.717, 1.165) is 28.9 Å². The van der Waals surface area contributed by atoms with Gasteiger partial charge in [-0.25, -0.2) is 4.98 Å². The number of hydrogen-bond donors (Lipinski definition) is 0. The minimum absolute atomic E-state index is 0.445. The first kappa shape index (κ1) is 12.3. The van der Waals surface area contributed by atoms with E-state index in [9.17, 15) is 4.79 Å². The van der Waals surface area contributed by atoms with Gasteiger partial charge in [0.05, 0.1) is 11.2 Å². The fourth-order valence-corrected chi connectivity index (χ4v) is 2.30. The molecule has 0 fully saturated rings. The summed E-state index contributed by atoms with van der Waals surface area (Å²) in [6, 6.07) is 7.68. The van der Waals surface area contributed by atoms with Crippen molar-refractivity contribution in [2.45, 2.75) is 0 Å². The molecule has 100 valence electrons. The largest absolute Gasteiger partial charge is 0.376 e. The number of pyridine rings is 2. The van der Waals surface area contributed by atoms with E-state index >= 15 is 0 Å². The van der Waals surface area contributed by atoms with Crippen LogP contribution in [0.15, 0.2) is 42.9 Å². The molecule has 0 amide bonds. The summed E-state index contributed by atoms with van der Waals surface area (Å²) in [5, 5.41) is 0. The molecule has 0 aliphatic heterocycles. The fraction of sp³-hybridized carbons (Fsp3) is 0.133. The number of carbonyl (C=O) groups is 1. The van der Waals surface area contributed by atoms with Crippen LogP contribution < -0.4 is 4.90 Å². The standard InChI is InChI=1S/C15H14N4O/c1-18(2)13-4-3-9-19-14(13)12(10-20)17-15(19)11-5-7-16-8-6-11/h3-10H,1-2H3. The summed E-state index contributed by atoms with van der Waals surface area (Å²) in [5.41, 5.74) is 3.15. The quantitative estimate of drug-likeness (QED) is 0.682. The molecule has 3 aromatic heterocycles. The summed E-state index contributed by atoms with van der Waals surface area (Å²) < 4.78 is 1.94. The molecule has 0 radical (unpaired) electrons. The average Bonchev–Trinajstić information content (AvgIpc) is 2.86. The second-order valence-corrected chi connectivity index (χ2v) is 4.68. The predicted molar refractivity (Wildman–Crippen MR) is 78.1 cm³/mol. The maximum absolute atomic E-state index is 11.3. The van der Waals surface area contributed by atoms with Gasteiger partial charge in [-0.1, -0.05) is 0 Å². The Hall–Kier alpha value is -2.69. The van der Waals surface area contributed by atoms with Gasteiger partial charge in [0.2, 0.25) is 0 Å². The summed E-state index contributed by atoms with van der Waals surface area (Å²) in [5.74, 6) is 0.744. The minimum atomic E-state index is 0.445. The molecule has 0 atom stereocenters. The van der Waals surface area contributed by atoms with Gasteiger partial charge in [-0.05, 0) is 24.3 Å². The molecule has 0 spiro atoms. The van der Waals surface area contributed by atoms with Crippen LogP contribution in [0.25, 0.3) is 16.9 Å². The number of anilines is 1. The van der Waals surface area contributed by atoms with Crippen LogP contribution in [0.4, 0.5) is 5.69 Å². The lowest BCUT2D eigenvalue weighted by atomic mass is 10.2. The van der Waals surface area contributed by atoms with Crippen molar-refractivity contribution in [1.82, 2.24) is 14.4 Å². The number of aromatic nitrogens is 3. The van der Waals surface area contributed by atoms with Gasteiger partial charge in [-0.3, -0.25) is 14.2 Å². The van der Waals surface area contributed by atoms with Crippen molar-refractivity contribution in [2.75, 3.05) is 19.0 Å². The summed E-state index contributed by atoms with van der Waals surface area (Å²) >= 11 is 0. The first-order valence-electron chi connectivity index (χ1n) is 6.26. The number of carbonyl (C=O) groups excluding carboxylic acids is 1. The molecular weight excluding hydrogens is 252 g/mol. The van der Waals surface area contributed by atoms with Gasteiger partial charge < -0.3 is 4.90 Å². The molecule has 0 N–H and O–H groups in total. The number of fused-ring (bicyclic) bond motifs is 1. The maximum atomic E-state index is 11.3. The monoisotopic (exact) mass is 266 g/mol. The Morgan fingerprint density at radius 3 is 2.60 bits per heavy atom. The van der Waals surface area contributed by atoms with Crippen LogP contribution in [0.2, 0.25) is 0 Å². The summed E-state index contributed by atoms with van der Waals surface area (Å²) in [4.78, 5) is 21.8. The summed E-state index contributed by atoms with van der Waals surface area (Å²) in [7, 11) is 3.89. The molecular formula is C15H14N4O. The molecule has 0 aliphatic rings. The Morgan fingerprint density at radius 1 is 1.20 bits per heavy atom. The Bertz CT molecular complexity index is 762. The average molecular weight is 266 g/mol. The van der Waals surface area contributed by atoms with E-state index in [2.05, 4.69) is 9.97 Å². The van der Waals surface area contributed by atoms with E-state index < -0.39 is 0 Å². The van der Waals surface area contributed by atoms with Gasteiger partial charge >= 0.3 is 0 Å². The molecule has 0 bridgehead atoms. The molecule has 20 heavy (non-hydrogen) atoms. The maximum Gasteiger partial charge on any atom is 0.170 e. The molecule has 0 saturated carbocycles. The van der Waals surface area contributed by atoms with Crippen LogP contribution in [0, 0.1) is 0 Å². The van der Waals surface area contributed by atoms with E-state index in [1.165, 1.54) is 0 Å². The molecule has 5 heteroatoms. The van der Waals surface area contributed by atoms with Crippen LogP contribution in [0.3, 0.4) is 0 Å². The fourth-order valence-electron chi connectivity index (χ4n) is 2.30. The third-order valence-corrected chi connectivity index (χ3v) is 3.20. The lowest BCUT2D eigenvalue weighted by Crippen LogP contribution is -2.10. The highest BCUT2D eigenvalue weighted by Crippen LogP contribution is 2.28. The van der Waals surface area contributed by atoms with E-state index in [-0.39, 0.29) is 0 Å². The highest BCUT2D eigenvalue weighted by atomic mass is 16.1. The Morgan fingerprint density at radius 2 is 1.95 bits per heavy atom. The minimum Gasteiger partial charge on any atom is -0.376 e. The van der Waals surface area contributed by atoms with Crippen molar-refractivity contribution in [3.63, 3.8) is 0 Å². The van der Waals surface area contributed by atoms with Crippen LogP contribution in [0.1, 0.15) is 10.5 Å². The molecule has 0 unspecified atom stereocenters. The van der Waals surface area contributed by atoms with Crippen molar-refractivity contribution in [3.8, 4) is 11.4 Å². The van der Waals surface area contributed by atoms with E-state index in [0.29, 0.717) is 5.69 Å². The van der Waals surface area contributed by atoms with Crippen LogP contribution in [-0.4, -0.2) is 34.8 Å². The zero-order valence-corrected chi connectivity index (χ0v) is 11.3. The molecule has 3 rings (SSSR count). The zero-order valence-electron chi connectivity index (χ0n) is 11.3. The van der Waals surface area contributed by atoms with Crippen molar-refractivity contribution in [3.05, 3.63) is 48.5 Å². The first-order chi connectivity index (χ1) is 9.72. The molecule has 0 aliphatic carbocycles. The lowest BCUT2D eigenvalue weighted by Gasteiger charge is -2.14. The number of imidazole rings is 1. The molecule has 0 aromatic carbocycles. The number of hydrogen-bond acceptors (Lipinski definition) is 4. The highest BCUT2D eigenvalue weighted by molar-refractivity contribution is 5.92. The molecule has 5 nitrogen and oxygen atoms in total. The van der Waals surface area contributed by atoms with E-state index in [4.69, 9.17) is 0 Å². The number of rotatable bonds is 3. The van der Waals surface area contributed by atoms with Crippen molar-refractivity contribution < 1.29 is 4.79 Å². The predicted octanol–water partition coefficient (Wildman–Crippen LogP) is 2.27. The zero-order chi connectivity index (χ0) is 14.1. The molecule has 3 aromatic rings. The highest BCUT2D eigenvalue weighted by Gasteiger charge is 2.15. The van der Waals surface area contributed by atoms with Gasteiger partial charge in [-0.15, -0.1) is 0 Å². The number of aldehydes is 1. The Balaban J connectivity index is 2.36. The lowest BCUT2D eigenvalue weighted by molar-refractivity contribution is 0.112. The third kappa shape index (κ3) is 1.84. The van der Waals surface area contributed by atoms with E-state index in [1.807, 2.05) is 53.9 Å². The van der Waals surface area contributed by atoms with Gasteiger partial charge in [-0.2, -0.15) is 0 Å². The normalized spacial score (nSPS) is 10.7. The van der Waals surface area contributed by atoms with Crippen molar-refractivity contribution >= 4 is 17.5 Å². The van der Waals surface area contributed by atoms with Crippen molar-refractivity contribution in [1.29, 1.82) is 0 Å².